The number of hydrogen-bond donors (Lipinski definition) is 1. The number of imidazole rings is 1. The van der Waals surface area contributed by atoms with Gasteiger partial charge in [0.1, 0.15) is 5.75 Å². The predicted molar refractivity (Wildman–Crippen MR) is 65.5 cm³/mol. The fraction of sp³-hybridized carbons (Fsp3) is 0.182. The minimum atomic E-state index is -0.570. The van der Waals surface area contributed by atoms with Gasteiger partial charge in [-0.15, -0.1) is 0 Å². The van der Waals surface area contributed by atoms with Gasteiger partial charge in [-0.25, -0.2) is 0 Å². The summed E-state index contributed by atoms with van der Waals surface area (Å²) in [5.41, 5.74) is 6.15. The van der Waals surface area contributed by atoms with Crippen LogP contribution in [0.25, 0.3) is 0 Å². The number of ether oxygens (including phenoxy) is 1. The quantitative estimate of drug-likeness (QED) is 0.509. The third-order valence-corrected chi connectivity index (χ3v) is 2.52. The van der Waals surface area contributed by atoms with Crippen LogP contribution in [0.15, 0.2) is 24.3 Å². The van der Waals surface area contributed by atoms with Crippen molar-refractivity contribution in [3.8, 4) is 11.6 Å². The summed E-state index contributed by atoms with van der Waals surface area (Å²) in [6.45, 7) is 1.67. The summed E-state index contributed by atoms with van der Waals surface area (Å²) < 4.78 is 7.00. The Labute approximate surface area is 103 Å². The molecule has 7 nitrogen and oxygen atoms in total. The second kappa shape index (κ2) is 4.36. The molecule has 0 radical (unpaired) electrons. The zero-order chi connectivity index (χ0) is 13.3. The monoisotopic (exact) mass is 248 g/mol. The molecule has 1 heterocycles. The van der Waals surface area contributed by atoms with Crippen molar-refractivity contribution in [2.75, 3.05) is 5.73 Å². The molecule has 1 aromatic heterocycles. The molecule has 1 aromatic carbocycles. The van der Waals surface area contributed by atoms with Crippen molar-refractivity contribution in [2.45, 2.75) is 6.92 Å². The Bertz CT molecular complexity index is 589. The number of anilines is 1. The van der Waals surface area contributed by atoms with Crippen LogP contribution < -0.4 is 10.5 Å². The number of aryl methyl sites for hydroxylation is 1. The Kier molecular flexibility index (Phi) is 2.88. The zero-order valence-electron chi connectivity index (χ0n) is 9.95. The first-order valence-electron chi connectivity index (χ1n) is 5.20. The first-order chi connectivity index (χ1) is 8.49. The van der Waals surface area contributed by atoms with Crippen LogP contribution in [-0.4, -0.2) is 14.5 Å². The number of rotatable bonds is 3. The third-order valence-electron chi connectivity index (χ3n) is 2.52. The van der Waals surface area contributed by atoms with Crippen LogP contribution in [-0.2, 0) is 7.05 Å². The van der Waals surface area contributed by atoms with Gasteiger partial charge in [-0.2, -0.15) is 0 Å². The Hall–Kier alpha value is -2.57. The van der Waals surface area contributed by atoms with Gasteiger partial charge < -0.3 is 20.6 Å². The lowest BCUT2D eigenvalue weighted by Crippen LogP contribution is -1.97. The topological polar surface area (TPSA) is 96.2 Å². The molecule has 2 rings (SSSR count). The molecular formula is C11H12N4O3. The maximum absolute atomic E-state index is 10.9. The molecule has 0 saturated heterocycles. The molecule has 0 aliphatic heterocycles. The average molecular weight is 248 g/mol. The minimum Gasteiger partial charge on any atom is -0.434 e. The maximum atomic E-state index is 10.9. The Balaban J connectivity index is 2.39. The molecule has 0 bridgehead atoms. The van der Waals surface area contributed by atoms with Crippen LogP contribution in [0, 0.1) is 17.0 Å². The molecule has 0 unspecified atom stereocenters. The van der Waals surface area contributed by atoms with Gasteiger partial charge in [0.05, 0.1) is 0 Å². The van der Waals surface area contributed by atoms with Gasteiger partial charge >= 0.3 is 11.7 Å². The summed E-state index contributed by atoms with van der Waals surface area (Å²) in [6.07, 6.45) is 0. The summed E-state index contributed by atoms with van der Waals surface area (Å²) in [7, 11) is 1.65. The Morgan fingerprint density at radius 2 is 2.00 bits per heavy atom. The second-order valence-corrected chi connectivity index (χ2v) is 3.78. The number of nitrogens with zero attached hydrogens (tertiary/aromatic N) is 3. The Morgan fingerprint density at radius 3 is 2.56 bits per heavy atom. The molecule has 2 N–H and O–H groups in total. The van der Waals surface area contributed by atoms with Crippen LogP contribution >= 0.6 is 0 Å². The number of benzene rings is 1. The highest BCUT2D eigenvalue weighted by molar-refractivity contribution is 5.45. The van der Waals surface area contributed by atoms with Gasteiger partial charge in [0.15, 0.2) is 0 Å². The van der Waals surface area contributed by atoms with E-state index < -0.39 is 4.92 Å². The van der Waals surface area contributed by atoms with Crippen molar-refractivity contribution in [3.63, 3.8) is 0 Å². The van der Waals surface area contributed by atoms with Crippen molar-refractivity contribution < 1.29 is 9.66 Å². The molecule has 0 atom stereocenters. The third kappa shape index (κ3) is 2.10. The van der Waals surface area contributed by atoms with E-state index >= 15 is 0 Å². The van der Waals surface area contributed by atoms with Crippen molar-refractivity contribution in [1.29, 1.82) is 0 Å². The lowest BCUT2D eigenvalue weighted by atomic mass is 10.3. The van der Waals surface area contributed by atoms with E-state index in [1.165, 1.54) is 4.57 Å². The fourth-order valence-electron chi connectivity index (χ4n) is 1.45. The fourth-order valence-corrected chi connectivity index (χ4v) is 1.45. The minimum absolute atomic E-state index is 0.0993. The molecule has 0 fully saturated rings. The van der Waals surface area contributed by atoms with E-state index in [0.717, 1.165) is 0 Å². The summed E-state index contributed by atoms with van der Waals surface area (Å²) in [4.78, 5) is 14.1. The molecule has 7 heteroatoms. The predicted octanol–water partition coefficient (Wildman–Crippen LogP) is 2.01. The number of nitro groups is 1. The standard InChI is InChI=1S/C11H12N4O3/c1-7-13-10(15(16)17)11(14(7)2)18-9-5-3-8(12)4-6-9/h3-6H,12H2,1-2H3. The lowest BCUT2D eigenvalue weighted by molar-refractivity contribution is -0.390. The van der Waals surface area contributed by atoms with Gasteiger partial charge in [0, 0.05) is 19.7 Å². The smallest absolute Gasteiger partial charge is 0.427 e. The van der Waals surface area contributed by atoms with Crippen LogP contribution in [0.3, 0.4) is 0 Å². The molecule has 2 aromatic rings. The van der Waals surface area contributed by atoms with E-state index in [1.54, 1.807) is 38.2 Å². The highest BCUT2D eigenvalue weighted by Gasteiger charge is 2.25. The van der Waals surface area contributed by atoms with Crippen LogP contribution in [0.4, 0.5) is 11.5 Å². The molecule has 0 spiro atoms. The maximum Gasteiger partial charge on any atom is 0.427 e. The van der Waals surface area contributed by atoms with E-state index in [2.05, 4.69) is 4.98 Å². The van der Waals surface area contributed by atoms with Crippen LogP contribution in [0.5, 0.6) is 11.6 Å². The van der Waals surface area contributed by atoms with E-state index in [0.29, 0.717) is 17.3 Å². The molecule has 0 amide bonds. The van der Waals surface area contributed by atoms with Crippen molar-refractivity contribution >= 4 is 11.5 Å². The summed E-state index contributed by atoms with van der Waals surface area (Å²) >= 11 is 0. The number of nitrogen functional groups attached to an aromatic ring is 1. The van der Waals surface area contributed by atoms with Gasteiger partial charge in [-0.05, 0) is 34.2 Å². The lowest BCUT2D eigenvalue weighted by Gasteiger charge is -2.05. The van der Waals surface area contributed by atoms with E-state index in [-0.39, 0.29) is 11.7 Å². The van der Waals surface area contributed by atoms with Gasteiger partial charge in [0.2, 0.25) is 5.82 Å². The number of aromatic nitrogens is 2. The zero-order valence-corrected chi connectivity index (χ0v) is 9.95. The van der Waals surface area contributed by atoms with Crippen molar-refractivity contribution in [1.82, 2.24) is 9.55 Å². The second-order valence-electron chi connectivity index (χ2n) is 3.78. The summed E-state index contributed by atoms with van der Waals surface area (Å²) in [6, 6.07) is 6.59. The summed E-state index contributed by atoms with van der Waals surface area (Å²) in [5.74, 6) is 0.775. The molecule has 0 aliphatic rings. The normalized spacial score (nSPS) is 10.3. The van der Waals surface area contributed by atoms with Gasteiger partial charge in [-0.3, -0.25) is 4.57 Å². The number of hydrogen-bond acceptors (Lipinski definition) is 5. The molecule has 94 valence electrons. The van der Waals surface area contributed by atoms with Crippen molar-refractivity contribution in [3.05, 3.63) is 40.2 Å². The van der Waals surface area contributed by atoms with Crippen LogP contribution in [0.1, 0.15) is 5.82 Å². The van der Waals surface area contributed by atoms with Crippen molar-refractivity contribution in [2.24, 2.45) is 7.05 Å². The SMILES string of the molecule is Cc1nc([N+](=O)[O-])c(Oc2ccc(N)cc2)n1C. The molecular weight excluding hydrogens is 236 g/mol. The van der Waals surface area contributed by atoms with E-state index in [1.807, 2.05) is 0 Å². The number of nitrogens with two attached hydrogens (primary N) is 1. The van der Waals surface area contributed by atoms with Crippen LogP contribution in [0.2, 0.25) is 0 Å². The van der Waals surface area contributed by atoms with Gasteiger partial charge in [-0.1, -0.05) is 0 Å². The average Bonchev–Trinajstić information content (AvgIpc) is 2.60. The Morgan fingerprint density at radius 1 is 1.39 bits per heavy atom. The summed E-state index contributed by atoms with van der Waals surface area (Å²) in [5, 5.41) is 10.9. The highest BCUT2D eigenvalue weighted by atomic mass is 16.6. The molecule has 18 heavy (non-hydrogen) atoms. The highest BCUT2D eigenvalue weighted by Crippen LogP contribution is 2.31. The largest absolute Gasteiger partial charge is 0.434 e. The first-order valence-corrected chi connectivity index (χ1v) is 5.20. The van der Waals surface area contributed by atoms with E-state index in [9.17, 15) is 10.1 Å². The first kappa shape index (κ1) is 11.9. The molecule has 0 aliphatic carbocycles. The molecule has 0 saturated carbocycles. The van der Waals surface area contributed by atoms with E-state index in [4.69, 9.17) is 10.5 Å². The van der Waals surface area contributed by atoms with Gasteiger partial charge in [0.25, 0.3) is 0 Å².